The van der Waals surface area contributed by atoms with Gasteiger partial charge in [-0.15, -0.1) is 5.10 Å². The van der Waals surface area contributed by atoms with Gasteiger partial charge in [0.25, 0.3) is 0 Å². The largest absolute Gasteiger partial charge is 0.451 e. The summed E-state index contributed by atoms with van der Waals surface area (Å²) in [5.41, 5.74) is 1.20. The van der Waals surface area contributed by atoms with Crippen LogP contribution in [0.25, 0.3) is 11.4 Å². The molecule has 5 nitrogen and oxygen atoms in total. The fourth-order valence-electron chi connectivity index (χ4n) is 0.615. The molecular weight excluding hydrogens is 134 g/mol. The Morgan fingerprint density at radius 2 is 2.20 bits per heavy atom. The highest BCUT2D eigenvalue weighted by Crippen LogP contribution is 2.11. The Balaban J connectivity index is 2.48. The summed E-state index contributed by atoms with van der Waals surface area (Å²) in [6.45, 7) is 0. The van der Waals surface area contributed by atoms with E-state index in [9.17, 15) is 0 Å². The van der Waals surface area contributed by atoms with Crippen LogP contribution in [-0.4, -0.2) is 15.4 Å². The van der Waals surface area contributed by atoms with E-state index in [1.807, 2.05) is 0 Å². The first kappa shape index (κ1) is 5.16. The van der Waals surface area contributed by atoms with E-state index in [0.717, 1.165) is 0 Å². The summed E-state index contributed by atoms with van der Waals surface area (Å²) in [6.07, 6.45) is 4.20. The second-order valence-corrected chi connectivity index (χ2v) is 1.66. The molecule has 0 bridgehead atoms. The highest BCUT2D eigenvalue weighted by molar-refractivity contribution is 5.48. The molecular formula is C5H3N3O2. The zero-order chi connectivity index (χ0) is 6.81. The molecule has 0 aromatic carbocycles. The monoisotopic (exact) mass is 137 g/mol. The van der Waals surface area contributed by atoms with Crippen LogP contribution >= 0.6 is 0 Å². The van der Waals surface area contributed by atoms with Gasteiger partial charge in [-0.25, -0.2) is 4.98 Å². The molecule has 0 atom stereocenters. The van der Waals surface area contributed by atoms with E-state index in [1.54, 1.807) is 0 Å². The number of rotatable bonds is 1. The first-order valence-corrected chi connectivity index (χ1v) is 2.62. The smallest absolute Gasteiger partial charge is 0.181 e. The Morgan fingerprint density at radius 3 is 2.80 bits per heavy atom. The third-order valence-electron chi connectivity index (χ3n) is 1.05. The summed E-state index contributed by atoms with van der Waals surface area (Å²) < 4.78 is 9.21. The van der Waals surface area contributed by atoms with Crippen molar-refractivity contribution in [3.05, 3.63) is 18.9 Å². The third-order valence-corrected chi connectivity index (χ3v) is 1.05. The van der Waals surface area contributed by atoms with Crippen molar-refractivity contribution in [1.29, 1.82) is 0 Å². The quantitative estimate of drug-likeness (QED) is 0.579. The first-order chi connectivity index (χ1) is 4.97. The van der Waals surface area contributed by atoms with Crippen molar-refractivity contribution >= 4 is 0 Å². The summed E-state index contributed by atoms with van der Waals surface area (Å²) in [7, 11) is 0. The number of aromatic nitrogens is 3. The Bertz CT molecular complexity index is 254. The molecule has 0 aliphatic carbocycles. The predicted molar refractivity (Wildman–Crippen MR) is 29.8 cm³/mol. The molecule has 0 saturated carbocycles. The average Bonchev–Trinajstić information content (AvgIpc) is 2.59. The molecule has 0 amide bonds. The fourth-order valence-corrected chi connectivity index (χ4v) is 0.615. The van der Waals surface area contributed by atoms with E-state index in [-0.39, 0.29) is 0 Å². The number of oxazole rings is 1. The van der Waals surface area contributed by atoms with Crippen LogP contribution in [0.15, 0.2) is 27.9 Å². The van der Waals surface area contributed by atoms with Crippen molar-refractivity contribution in [3.63, 3.8) is 0 Å². The van der Waals surface area contributed by atoms with Gasteiger partial charge in [0.2, 0.25) is 0 Å². The predicted octanol–water partition coefficient (Wildman–Crippen LogP) is 0.725. The van der Waals surface area contributed by atoms with Crippen molar-refractivity contribution in [2.75, 3.05) is 0 Å². The molecule has 0 saturated heterocycles. The van der Waals surface area contributed by atoms with E-state index in [1.165, 1.54) is 18.9 Å². The van der Waals surface area contributed by atoms with Crippen LogP contribution in [0.3, 0.4) is 0 Å². The summed E-state index contributed by atoms with van der Waals surface area (Å²) in [4.78, 5) is 3.83. The minimum Gasteiger partial charge on any atom is -0.451 e. The molecule has 0 unspecified atom stereocenters. The SMILES string of the molecule is c1nc(-c2conn2)co1. The Labute approximate surface area is 55.7 Å². The molecule has 10 heavy (non-hydrogen) atoms. The van der Waals surface area contributed by atoms with Crippen molar-refractivity contribution in [3.8, 4) is 11.4 Å². The zero-order valence-corrected chi connectivity index (χ0v) is 4.89. The lowest BCUT2D eigenvalue weighted by Gasteiger charge is -1.77. The minimum absolute atomic E-state index is 0.578. The summed E-state index contributed by atoms with van der Waals surface area (Å²) >= 11 is 0. The van der Waals surface area contributed by atoms with Crippen molar-refractivity contribution < 1.29 is 8.94 Å². The van der Waals surface area contributed by atoms with Crippen LogP contribution < -0.4 is 0 Å². The summed E-state index contributed by atoms with van der Waals surface area (Å²) in [5, 5.41) is 6.89. The topological polar surface area (TPSA) is 65.0 Å². The molecule has 5 heteroatoms. The van der Waals surface area contributed by atoms with Gasteiger partial charge in [-0.1, -0.05) is 0 Å². The molecule has 0 N–H and O–H groups in total. The van der Waals surface area contributed by atoms with Gasteiger partial charge in [-0.2, -0.15) is 0 Å². The number of hydrogen-bond donors (Lipinski definition) is 0. The molecule has 2 rings (SSSR count). The van der Waals surface area contributed by atoms with Gasteiger partial charge < -0.3 is 8.94 Å². The minimum atomic E-state index is 0.578. The van der Waals surface area contributed by atoms with E-state index in [0.29, 0.717) is 11.4 Å². The third kappa shape index (κ3) is 0.680. The van der Waals surface area contributed by atoms with Gasteiger partial charge in [0.15, 0.2) is 18.4 Å². The maximum Gasteiger partial charge on any atom is 0.181 e. The van der Waals surface area contributed by atoms with Crippen LogP contribution in [0, 0.1) is 0 Å². The van der Waals surface area contributed by atoms with E-state index in [2.05, 4.69) is 19.9 Å². The van der Waals surface area contributed by atoms with Crippen LogP contribution in [0.5, 0.6) is 0 Å². The summed E-state index contributed by atoms with van der Waals surface area (Å²) in [6, 6.07) is 0. The highest BCUT2D eigenvalue weighted by atomic mass is 16.5. The molecule has 50 valence electrons. The molecule has 0 aliphatic heterocycles. The van der Waals surface area contributed by atoms with Gasteiger partial charge in [-0.05, 0) is 0 Å². The van der Waals surface area contributed by atoms with Crippen LogP contribution in [0.4, 0.5) is 0 Å². The van der Waals surface area contributed by atoms with Crippen LogP contribution in [0.2, 0.25) is 0 Å². The van der Waals surface area contributed by atoms with Gasteiger partial charge in [0.1, 0.15) is 12.0 Å². The van der Waals surface area contributed by atoms with E-state index < -0.39 is 0 Å². The Kier molecular flexibility index (Phi) is 1.00. The van der Waals surface area contributed by atoms with Crippen molar-refractivity contribution in [2.45, 2.75) is 0 Å². The van der Waals surface area contributed by atoms with Gasteiger partial charge >= 0.3 is 0 Å². The van der Waals surface area contributed by atoms with E-state index in [4.69, 9.17) is 4.42 Å². The lowest BCUT2D eigenvalue weighted by atomic mass is 10.4. The fraction of sp³-hybridized carbons (Fsp3) is 0. The zero-order valence-electron chi connectivity index (χ0n) is 4.89. The lowest BCUT2D eigenvalue weighted by Crippen LogP contribution is -1.74. The normalized spacial score (nSPS) is 10.0. The number of hydrogen-bond acceptors (Lipinski definition) is 5. The van der Waals surface area contributed by atoms with Crippen LogP contribution in [-0.2, 0) is 0 Å². The molecule has 2 aromatic heterocycles. The van der Waals surface area contributed by atoms with Crippen LogP contribution in [0.1, 0.15) is 0 Å². The summed E-state index contributed by atoms with van der Waals surface area (Å²) in [5.74, 6) is 0. The number of nitrogens with zero attached hydrogens (tertiary/aromatic N) is 3. The first-order valence-electron chi connectivity index (χ1n) is 2.62. The molecule has 0 aliphatic rings. The lowest BCUT2D eigenvalue weighted by molar-refractivity contribution is 0.393. The average molecular weight is 137 g/mol. The van der Waals surface area contributed by atoms with Crippen molar-refractivity contribution in [1.82, 2.24) is 15.4 Å². The highest BCUT2D eigenvalue weighted by Gasteiger charge is 2.03. The molecule has 2 heterocycles. The van der Waals surface area contributed by atoms with Gasteiger partial charge in [0.05, 0.1) is 0 Å². The standard InChI is InChI=1S/C5H3N3O2/c1-4(6-3-9-1)5-2-10-8-7-5/h1-3H. The van der Waals surface area contributed by atoms with Gasteiger partial charge in [0, 0.05) is 5.27 Å². The second kappa shape index (κ2) is 1.94. The van der Waals surface area contributed by atoms with E-state index >= 15 is 0 Å². The Hall–Kier alpha value is -1.65. The Morgan fingerprint density at radius 1 is 1.20 bits per heavy atom. The maximum absolute atomic E-state index is 4.72. The molecule has 0 fully saturated rings. The second-order valence-electron chi connectivity index (χ2n) is 1.66. The maximum atomic E-state index is 4.72. The van der Waals surface area contributed by atoms with Crippen molar-refractivity contribution in [2.24, 2.45) is 0 Å². The van der Waals surface area contributed by atoms with Gasteiger partial charge in [-0.3, -0.25) is 0 Å². The molecule has 0 spiro atoms. The molecule has 0 radical (unpaired) electrons. The molecule has 2 aromatic rings.